The van der Waals surface area contributed by atoms with Crippen molar-refractivity contribution in [3.05, 3.63) is 77.4 Å². The van der Waals surface area contributed by atoms with Crippen molar-refractivity contribution >= 4 is 34.3 Å². The summed E-state index contributed by atoms with van der Waals surface area (Å²) in [6.45, 7) is 1.36. The van der Waals surface area contributed by atoms with Crippen molar-refractivity contribution in [2.45, 2.75) is 31.7 Å². The highest BCUT2D eigenvalue weighted by molar-refractivity contribution is 6.11. The highest BCUT2D eigenvalue weighted by Crippen LogP contribution is 2.34. The van der Waals surface area contributed by atoms with Crippen LogP contribution in [0.25, 0.3) is 10.8 Å². The van der Waals surface area contributed by atoms with Crippen LogP contribution in [0.1, 0.15) is 30.0 Å². The molecule has 1 aliphatic heterocycles. The maximum atomic E-state index is 13.3. The van der Waals surface area contributed by atoms with Gasteiger partial charge in [0.05, 0.1) is 0 Å². The van der Waals surface area contributed by atoms with Gasteiger partial charge in [0.15, 0.2) is 0 Å². The predicted octanol–water partition coefficient (Wildman–Crippen LogP) is 3.73. The molecule has 0 unspecified atom stereocenters. The summed E-state index contributed by atoms with van der Waals surface area (Å²) in [4.78, 5) is 39.6. The van der Waals surface area contributed by atoms with Crippen LogP contribution < -0.4 is 10.6 Å². The molecule has 0 saturated carbocycles. The molecule has 1 fully saturated rings. The third-order valence-corrected chi connectivity index (χ3v) is 6.29. The molecule has 0 bridgehead atoms. The van der Waals surface area contributed by atoms with Crippen LogP contribution in [-0.2, 0) is 28.0 Å². The van der Waals surface area contributed by atoms with Crippen molar-refractivity contribution in [2.75, 3.05) is 11.9 Å². The molecule has 1 atom stereocenters. The third kappa shape index (κ3) is 3.24. The molecule has 6 heteroatoms. The van der Waals surface area contributed by atoms with Crippen LogP contribution in [0.15, 0.2) is 60.7 Å². The highest BCUT2D eigenvalue weighted by Gasteiger charge is 2.50. The van der Waals surface area contributed by atoms with Gasteiger partial charge in [0.2, 0.25) is 5.91 Å². The molecule has 1 saturated heterocycles. The molecule has 1 aliphatic carbocycles. The smallest absolute Gasteiger partial charge is 0.325 e. The topological polar surface area (TPSA) is 78.5 Å². The number of anilines is 1. The summed E-state index contributed by atoms with van der Waals surface area (Å²) in [5, 5.41) is 7.50. The van der Waals surface area contributed by atoms with Gasteiger partial charge >= 0.3 is 6.03 Å². The first-order valence-corrected chi connectivity index (χ1v) is 10.5. The van der Waals surface area contributed by atoms with E-state index < -0.39 is 23.4 Å². The molecule has 0 spiro atoms. The van der Waals surface area contributed by atoms with Gasteiger partial charge in [0.25, 0.3) is 5.91 Å². The lowest BCUT2D eigenvalue weighted by Crippen LogP contribution is -2.42. The summed E-state index contributed by atoms with van der Waals surface area (Å²) in [7, 11) is 0. The second-order valence-electron chi connectivity index (χ2n) is 8.36. The number of nitrogens with zero attached hydrogens (tertiary/aromatic N) is 1. The molecule has 0 aromatic heterocycles. The molecule has 3 aromatic carbocycles. The standard InChI is InChI=1S/C25H23N3O3/c1-25(21-11-5-8-17-6-2-3-10-20(17)21)23(30)28(24(31)27-25)15-22(29)26-19-13-12-16-7-4-9-18(16)14-19/h2-3,5-6,8,10-14H,4,7,9,15H2,1H3,(H,26,29)(H,27,31)/t25-/m0/s1. The van der Waals surface area contributed by atoms with Crippen LogP contribution in [0.5, 0.6) is 0 Å². The lowest BCUT2D eigenvalue weighted by molar-refractivity contribution is -0.133. The van der Waals surface area contributed by atoms with Crippen LogP contribution >= 0.6 is 0 Å². The van der Waals surface area contributed by atoms with Gasteiger partial charge in [-0.25, -0.2) is 4.79 Å². The quantitative estimate of drug-likeness (QED) is 0.640. The van der Waals surface area contributed by atoms with Crippen molar-refractivity contribution in [3.63, 3.8) is 0 Å². The average Bonchev–Trinajstić information content (AvgIpc) is 3.31. The van der Waals surface area contributed by atoms with E-state index in [4.69, 9.17) is 0 Å². The van der Waals surface area contributed by atoms with Crippen LogP contribution in [-0.4, -0.2) is 29.3 Å². The third-order valence-electron chi connectivity index (χ3n) is 6.29. The number of fused-ring (bicyclic) bond motifs is 2. The van der Waals surface area contributed by atoms with Crippen LogP contribution in [0.2, 0.25) is 0 Å². The molecule has 4 amide bonds. The Morgan fingerprint density at radius 3 is 2.68 bits per heavy atom. The summed E-state index contributed by atoms with van der Waals surface area (Å²) in [6, 6.07) is 18.7. The number of rotatable bonds is 4. The predicted molar refractivity (Wildman–Crippen MR) is 119 cm³/mol. The maximum Gasteiger partial charge on any atom is 0.325 e. The van der Waals surface area contributed by atoms with Gasteiger partial charge in [-0.15, -0.1) is 0 Å². The van der Waals surface area contributed by atoms with Crippen LogP contribution in [0, 0.1) is 0 Å². The number of amides is 4. The van der Waals surface area contributed by atoms with Gasteiger partial charge in [0.1, 0.15) is 12.1 Å². The second-order valence-corrected chi connectivity index (χ2v) is 8.36. The molecule has 2 aliphatic rings. The van der Waals surface area contributed by atoms with Crippen LogP contribution in [0.3, 0.4) is 0 Å². The Morgan fingerprint density at radius 1 is 1.03 bits per heavy atom. The first-order valence-electron chi connectivity index (χ1n) is 10.5. The first kappa shape index (κ1) is 19.3. The van der Waals surface area contributed by atoms with E-state index in [-0.39, 0.29) is 6.54 Å². The number of hydrogen-bond donors (Lipinski definition) is 2. The Hall–Kier alpha value is -3.67. The summed E-state index contributed by atoms with van der Waals surface area (Å²) >= 11 is 0. The zero-order valence-electron chi connectivity index (χ0n) is 17.3. The molecule has 2 N–H and O–H groups in total. The number of carbonyl (C=O) groups excluding carboxylic acids is 3. The molecule has 0 radical (unpaired) electrons. The van der Waals surface area contributed by atoms with E-state index in [1.54, 1.807) is 6.92 Å². The normalized spacial score (nSPS) is 20.1. The van der Waals surface area contributed by atoms with E-state index in [1.807, 2.05) is 60.7 Å². The van der Waals surface area contributed by atoms with Gasteiger partial charge in [-0.2, -0.15) is 0 Å². The van der Waals surface area contributed by atoms with Crippen molar-refractivity contribution in [3.8, 4) is 0 Å². The first-order chi connectivity index (χ1) is 15.0. The summed E-state index contributed by atoms with van der Waals surface area (Å²) in [5.41, 5.74) is 2.74. The lowest BCUT2D eigenvalue weighted by atomic mass is 9.88. The molecule has 3 aromatic rings. The van der Waals surface area contributed by atoms with E-state index >= 15 is 0 Å². The Balaban J connectivity index is 1.37. The van der Waals surface area contributed by atoms with Gasteiger partial charge < -0.3 is 10.6 Å². The minimum absolute atomic E-state index is 0.331. The highest BCUT2D eigenvalue weighted by atomic mass is 16.2. The summed E-state index contributed by atoms with van der Waals surface area (Å²) < 4.78 is 0. The SMILES string of the molecule is C[C@@]1(c2cccc3ccccc23)NC(=O)N(CC(=O)Nc2ccc3c(c2)CCC3)C1=O. The minimum atomic E-state index is -1.23. The van der Waals surface area contributed by atoms with E-state index in [2.05, 4.69) is 10.6 Å². The Bertz CT molecular complexity index is 1230. The van der Waals surface area contributed by atoms with Gasteiger partial charge in [-0.1, -0.05) is 48.5 Å². The van der Waals surface area contributed by atoms with Crippen LogP contribution in [0.4, 0.5) is 10.5 Å². The van der Waals surface area contributed by atoms with E-state index in [0.717, 1.165) is 34.9 Å². The number of hydrogen-bond acceptors (Lipinski definition) is 3. The van der Waals surface area contributed by atoms with Crippen molar-refractivity contribution < 1.29 is 14.4 Å². The Kier molecular flexibility index (Phi) is 4.50. The fourth-order valence-corrected chi connectivity index (χ4v) is 4.68. The lowest BCUT2D eigenvalue weighted by Gasteiger charge is -2.24. The number of carbonyl (C=O) groups is 3. The number of benzene rings is 3. The average molecular weight is 413 g/mol. The summed E-state index contributed by atoms with van der Waals surface area (Å²) in [6.07, 6.45) is 3.20. The number of urea groups is 1. The number of imide groups is 1. The van der Waals surface area contributed by atoms with E-state index in [0.29, 0.717) is 11.3 Å². The van der Waals surface area contributed by atoms with E-state index in [9.17, 15) is 14.4 Å². The Labute approximate surface area is 180 Å². The molecule has 156 valence electrons. The molecular formula is C25H23N3O3. The minimum Gasteiger partial charge on any atom is -0.325 e. The molecular weight excluding hydrogens is 390 g/mol. The fraction of sp³-hybridized carbons (Fsp3) is 0.240. The molecule has 31 heavy (non-hydrogen) atoms. The zero-order chi connectivity index (χ0) is 21.6. The zero-order valence-corrected chi connectivity index (χ0v) is 17.3. The van der Waals surface area contributed by atoms with Gasteiger partial charge in [0, 0.05) is 5.69 Å². The van der Waals surface area contributed by atoms with Crippen molar-refractivity contribution in [2.24, 2.45) is 0 Å². The fourth-order valence-electron chi connectivity index (χ4n) is 4.68. The largest absolute Gasteiger partial charge is 0.325 e. The van der Waals surface area contributed by atoms with Gasteiger partial charge in [-0.3, -0.25) is 14.5 Å². The van der Waals surface area contributed by atoms with Gasteiger partial charge in [-0.05, 0) is 65.8 Å². The Morgan fingerprint density at radius 2 is 1.81 bits per heavy atom. The number of aryl methyl sites for hydroxylation is 2. The molecule has 5 rings (SSSR count). The van der Waals surface area contributed by atoms with E-state index in [1.165, 1.54) is 11.1 Å². The monoisotopic (exact) mass is 413 g/mol. The second kappa shape index (κ2) is 7.23. The van der Waals surface area contributed by atoms with Crippen molar-refractivity contribution in [1.29, 1.82) is 0 Å². The summed E-state index contributed by atoms with van der Waals surface area (Å²) in [5.74, 6) is -0.832. The van der Waals surface area contributed by atoms with Crippen molar-refractivity contribution in [1.82, 2.24) is 10.2 Å². The maximum absolute atomic E-state index is 13.3. The number of nitrogens with one attached hydrogen (secondary N) is 2. The molecule has 1 heterocycles. The molecule has 6 nitrogen and oxygen atoms in total.